The van der Waals surface area contributed by atoms with Crippen LogP contribution in [0.15, 0.2) is 11.5 Å². The Morgan fingerprint density at radius 2 is 2.23 bits per heavy atom. The molecule has 0 aromatic carbocycles. The van der Waals surface area contributed by atoms with Crippen LogP contribution >= 0.6 is 24.0 Å². The van der Waals surface area contributed by atoms with Gasteiger partial charge >= 0.3 is 0 Å². The van der Waals surface area contributed by atoms with Crippen molar-refractivity contribution in [3.05, 3.63) is 11.5 Å². The van der Waals surface area contributed by atoms with Crippen LogP contribution in [0.25, 0.3) is 0 Å². The van der Waals surface area contributed by atoms with Crippen LogP contribution in [0, 0.1) is 0 Å². The molecular weight excluding hydrogens is 204 g/mol. The summed E-state index contributed by atoms with van der Waals surface area (Å²) in [6.07, 6.45) is 1.97. The van der Waals surface area contributed by atoms with E-state index in [2.05, 4.69) is 10.4 Å². The number of hydrazine groups is 1. The highest BCUT2D eigenvalue weighted by atomic mass is 32.2. The van der Waals surface area contributed by atoms with Gasteiger partial charge in [-0.05, 0) is 12.3 Å². The van der Waals surface area contributed by atoms with Crippen molar-refractivity contribution in [3.8, 4) is 0 Å². The molecule has 0 unspecified atom stereocenters. The zero-order valence-electron chi connectivity index (χ0n) is 7.66. The smallest absolute Gasteiger partial charge is 0.152 e. The van der Waals surface area contributed by atoms with Crippen LogP contribution in [0.5, 0.6) is 0 Å². The molecule has 3 nitrogen and oxygen atoms in total. The van der Waals surface area contributed by atoms with Crippen molar-refractivity contribution in [2.24, 2.45) is 0 Å². The second-order valence-corrected chi connectivity index (χ2v) is 4.17. The van der Waals surface area contributed by atoms with Crippen molar-refractivity contribution in [3.63, 3.8) is 0 Å². The van der Waals surface area contributed by atoms with Gasteiger partial charge in [-0.2, -0.15) is 0 Å². The minimum Gasteiger partial charge on any atom is -0.379 e. The fourth-order valence-corrected chi connectivity index (χ4v) is 1.70. The molecule has 1 aliphatic rings. The highest BCUT2D eigenvalue weighted by Crippen LogP contribution is 2.04. The fourth-order valence-electron chi connectivity index (χ4n) is 0.960. The Labute approximate surface area is 88.5 Å². The topological polar surface area (TPSA) is 24.5 Å². The molecule has 0 saturated carbocycles. The zero-order chi connectivity index (χ0) is 9.52. The van der Waals surface area contributed by atoms with E-state index in [-0.39, 0.29) is 0 Å². The maximum Gasteiger partial charge on any atom is 0.152 e. The molecule has 0 spiro atoms. The van der Waals surface area contributed by atoms with Crippen LogP contribution in [-0.2, 0) is 4.74 Å². The Kier molecular flexibility index (Phi) is 5.38. The molecule has 1 heterocycles. The minimum absolute atomic E-state index is 0.782. The van der Waals surface area contributed by atoms with E-state index in [0.717, 1.165) is 30.6 Å². The van der Waals surface area contributed by atoms with Crippen molar-refractivity contribution in [1.82, 2.24) is 10.4 Å². The highest BCUT2D eigenvalue weighted by Gasteiger charge is 2.10. The average Bonchev–Trinajstić information content (AvgIpc) is 2.16. The quantitative estimate of drug-likeness (QED) is 0.706. The number of morpholine rings is 1. The van der Waals surface area contributed by atoms with E-state index in [1.54, 1.807) is 0 Å². The molecule has 0 amide bonds. The summed E-state index contributed by atoms with van der Waals surface area (Å²) in [6.45, 7) is 5.34. The van der Waals surface area contributed by atoms with Gasteiger partial charge in [0.25, 0.3) is 0 Å². The molecule has 1 fully saturated rings. The first-order valence-corrected chi connectivity index (χ1v) is 5.53. The second kappa shape index (κ2) is 6.37. The molecule has 1 aliphatic heterocycles. The number of ether oxygens (including phenoxy) is 1. The van der Waals surface area contributed by atoms with Crippen molar-refractivity contribution in [2.45, 2.75) is 6.92 Å². The van der Waals surface area contributed by atoms with E-state index in [9.17, 15) is 0 Å². The lowest BCUT2D eigenvalue weighted by Crippen LogP contribution is -2.46. The van der Waals surface area contributed by atoms with E-state index in [1.807, 2.05) is 18.4 Å². The largest absolute Gasteiger partial charge is 0.379 e. The van der Waals surface area contributed by atoms with Gasteiger partial charge in [-0.25, -0.2) is 5.01 Å². The predicted molar refractivity (Wildman–Crippen MR) is 60.5 cm³/mol. The van der Waals surface area contributed by atoms with E-state index in [4.69, 9.17) is 17.0 Å². The number of nitrogens with one attached hydrogen (secondary N) is 1. The first-order valence-electron chi connectivity index (χ1n) is 4.24. The van der Waals surface area contributed by atoms with Crippen LogP contribution in [-0.4, -0.2) is 35.6 Å². The predicted octanol–water partition coefficient (Wildman–Crippen LogP) is 1.37. The molecule has 0 aliphatic carbocycles. The van der Waals surface area contributed by atoms with Crippen LogP contribution in [0.3, 0.4) is 0 Å². The molecule has 5 heteroatoms. The third-order valence-corrected chi connectivity index (χ3v) is 2.67. The first kappa shape index (κ1) is 11.0. The maximum absolute atomic E-state index is 5.22. The zero-order valence-corrected chi connectivity index (χ0v) is 9.29. The molecule has 1 rings (SSSR count). The van der Waals surface area contributed by atoms with Gasteiger partial charge in [-0.15, -0.1) is 0 Å². The molecule has 0 aromatic heterocycles. The number of allylic oxidation sites excluding steroid dienone is 1. The summed E-state index contributed by atoms with van der Waals surface area (Å²) in [7, 11) is 0. The maximum atomic E-state index is 5.22. The molecule has 0 radical (unpaired) electrons. The molecule has 74 valence electrons. The van der Waals surface area contributed by atoms with Gasteiger partial charge < -0.3 is 10.2 Å². The van der Waals surface area contributed by atoms with Gasteiger partial charge in [0.2, 0.25) is 0 Å². The minimum atomic E-state index is 0.782. The van der Waals surface area contributed by atoms with Gasteiger partial charge in [0, 0.05) is 13.1 Å². The first-order chi connectivity index (χ1) is 6.33. The van der Waals surface area contributed by atoms with Crippen LogP contribution in [0.4, 0.5) is 0 Å². The number of hydrogen-bond donors (Lipinski definition) is 1. The molecular formula is C8H14N2OS2. The summed E-state index contributed by atoms with van der Waals surface area (Å²) in [4.78, 5) is 0. The van der Waals surface area contributed by atoms with Crippen LogP contribution in [0.2, 0.25) is 0 Å². The summed E-state index contributed by atoms with van der Waals surface area (Å²) in [5, 5.41) is 4.05. The molecule has 0 atom stereocenters. The van der Waals surface area contributed by atoms with E-state index < -0.39 is 0 Å². The Hall–Kier alpha value is -0.100. The van der Waals surface area contributed by atoms with Gasteiger partial charge in [-0.3, -0.25) is 0 Å². The van der Waals surface area contributed by atoms with E-state index in [0.29, 0.717) is 0 Å². The Morgan fingerprint density at radius 3 is 2.85 bits per heavy atom. The Balaban J connectivity index is 2.18. The number of hydrogen-bond acceptors (Lipinski definition) is 4. The molecule has 13 heavy (non-hydrogen) atoms. The monoisotopic (exact) mass is 218 g/mol. The van der Waals surface area contributed by atoms with Crippen molar-refractivity contribution >= 4 is 28.3 Å². The van der Waals surface area contributed by atoms with E-state index >= 15 is 0 Å². The molecule has 0 bridgehead atoms. The third kappa shape index (κ3) is 4.61. The molecule has 1 saturated heterocycles. The second-order valence-electron chi connectivity index (χ2n) is 2.59. The van der Waals surface area contributed by atoms with E-state index in [1.165, 1.54) is 11.8 Å². The van der Waals surface area contributed by atoms with Gasteiger partial charge in [0.05, 0.1) is 13.2 Å². The number of thioether (sulfide) groups is 1. The summed E-state index contributed by atoms with van der Waals surface area (Å²) in [6, 6.07) is 0. The number of thiocarbonyl (C=S) groups is 1. The SMILES string of the molecule is CC=CSC(=S)NN1CCOCC1. The van der Waals surface area contributed by atoms with Crippen LogP contribution in [0.1, 0.15) is 6.92 Å². The lowest BCUT2D eigenvalue weighted by molar-refractivity contribution is 0.0257. The fraction of sp³-hybridized carbons (Fsp3) is 0.625. The molecule has 0 aromatic rings. The van der Waals surface area contributed by atoms with Crippen molar-refractivity contribution in [1.29, 1.82) is 0 Å². The molecule has 1 N–H and O–H groups in total. The summed E-state index contributed by atoms with van der Waals surface area (Å²) in [5.41, 5.74) is 3.15. The van der Waals surface area contributed by atoms with Gasteiger partial charge in [0.1, 0.15) is 0 Å². The Bertz CT molecular complexity index is 191. The Morgan fingerprint density at radius 1 is 1.54 bits per heavy atom. The third-order valence-electron chi connectivity index (χ3n) is 1.57. The average molecular weight is 218 g/mol. The van der Waals surface area contributed by atoms with Crippen molar-refractivity contribution < 1.29 is 4.74 Å². The normalized spacial score (nSPS) is 19.2. The lowest BCUT2D eigenvalue weighted by atomic mass is 10.5. The standard InChI is InChI=1S/C8H14N2OS2/c1-2-7-13-8(12)9-10-3-5-11-6-4-10/h2,7H,3-6H2,1H3,(H,9,12). The lowest BCUT2D eigenvalue weighted by Gasteiger charge is -2.27. The summed E-state index contributed by atoms with van der Waals surface area (Å²) < 4.78 is 6.01. The summed E-state index contributed by atoms with van der Waals surface area (Å²) >= 11 is 6.65. The van der Waals surface area contributed by atoms with Gasteiger partial charge in [-0.1, -0.05) is 30.1 Å². The number of nitrogens with zero attached hydrogens (tertiary/aromatic N) is 1. The highest BCUT2D eigenvalue weighted by molar-refractivity contribution is 8.24. The summed E-state index contributed by atoms with van der Waals surface area (Å²) in [5.74, 6) is 0. The number of rotatable bonds is 2. The van der Waals surface area contributed by atoms with Gasteiger partial charge in [0.15, 0.2) is 4.32 Å². The van der Waals surface area contributed by atoms with Crippen LogP contribution < -0.4 is 5.43 Å². The van der Waals surface area contributed by atoms with Crippen molar-refractivity contribution in [2.75, 3.05) is 26.3 Å².